The van der Waals surface area contributed by atoms with Gasteiger partial charge in [-0.3, -0.25) is 4.79 Å². The molecule has 200 valence electrons. The molecule has 4 aliphatic carbocycles. The molecule has 1 amide bonds. The van der Waals surface area contributed by atoms with Crippen LogP contribution in [0.25, 0.3) is 0 Å². The van der Waals surface area contributed by atoms with Crippen molar-refractivity contribution in [3.63, 3.8) is 0 Å². The first-order valence-electron chi connectivity index (χ1n) is 13.6. The Morgan fingerprint density at radius 2 is 1.60 bits per heavy atom. The second kappa shape index (κ2) is 9.92. The molecule has 0 aromatic heterocycles. The van der Waals surface area contributed by atoms with E-state index in [1.807, 2.05) is 0 Å². The molecule has 0 heterocycles. The van der Waals surface area contributed by atoms with Crippen LogP contribution in [0.15, 0.2) is 0 Å². The molecular formula is C27H45NO7. The Balaban J connectivity index is 1.45. The molecular weight excluding hydrogens is 450 g/mol. The summed E-state index contributed by atoms with van der Waals surface area (Å²) >= 11 is 0. The first kappa shape index (κ1) is 26.8. The monoisotopic (exact) mass is 495 g/mol. The third kappa shape index (κ3) is 4.53. The quantitative estimate of drug-likeness (QED) is 0.316. The Bertz CT molecular complexity index is 806. The first-order chi connectivity index (χ1) is 16.4. The van der Waals surface area contributed by atoms with Crippen LogP contribution in [0.3, 0.4) is 0 Å². The Hall–Kier alpha value is -1.22. The first-order valence-corrected chi connectivity index (χ1v) is 13.6. The normalized spacial score (nSPS) is 46.6. The fourth-order valence-electron chi connectivity index (χ4n) is 9.23. The summed E-state index contributed by atoms with van der Waals surface area (Å²) in [5, 5.41) is 53.4. The van der Waals surface area contributed by atoms with Crippen molar-refractivity contribution in [1.82, 2.24) is 5.32 Å². The zero-order valence-electron chi connectivity index (χ0n) is 21.4. The number of fused-ring (bicyclic) bond motifs is 5. The van der Waals surface area contributed by atoms with Crippen LogP contribution in [0.1, 0.15) is 78.6 Å². The average Bonchev–Trinajstić information content (AvgIpc) is 3.17. The van der Waals surface area contributed by atoms with Gasteiger partial charge in [-0.15, -0.1) is 0 Å². The van der Waals surface area contributed by atoms with Crippen LogP contribution in [0.5, 0.6) is 0 Å². The molecule has 8 heteroatoms. The smallest absolute Gasteiger partial charge is 0.328 e. The highest BCUT2D eigenvalue weighted by atomic mass is 16.4. The maximum atomic E-state index is 12.3. The van der Waals surface area contributed by atoms with E-state index >= 15 is 0 Å². The van der Waals surface area contributed by atoms with Crippen LogP contribution < -0.4 is 5.32 Å². The average molecular weight is 496 g/mol. The van der Waals surface area contributed by atoms with Crippen LogP contribution >= 0.6 is 0 Å². The second-order valence-electron chi connectivity index (χ2n) is 12.7. The maximum absolute atomic E-state index is 12.3. The fraction of sp³-hybridized carbons (Fsp3) is 0.926. The van der Waals surface area contributed by atoms with E-state index in [4.69, 9.17) is 10.2 Å². The number of aliphatic hydroxyl groups is 4. The molecule has 4 aliphatic rings. The molecule has 35 heavy (non-hydrogen) atoms. The number of nitrogens with one attached hydrogen (secondary N) is 1. The van der Waals surface area contributed by atoms with Crippen LogP contribution in [0.4, 0.5) is 0 Å². The summed E-state index contributed by atoms with van der Waals surface area (Å²) in [5.41, 5.74) is -0.0249. The van der Waals surface area contributed by atoms with Crippen molar-refractivity contribution in [2.75, 3.05) is 6.61 Å². The van der Waals surface area contributed by atoms with Crippen LogP contribution in [-0.4, -0.2) is 68.4 Å². The van der Waals surface area contributed by atoms with Crippen molar-refractivity contribution in [3.8, 4) is 0 Å². The lowest BCUT2D eigenvalue weighted by atomic mass is 9.43. The van der Waals surface area contributed by atoms with Gasteiger partial charge in [0.2, 0.25) is 5.91 Å². The van der Waals surface area contributed by atoms with Crippen molar-refractivity contribution in [2.45, 2.75) is 103 Å². The molecule has 0 saturated heterocycles. The van der Waals surface area contributed by atoms with E-state index in [2.05, 4.69) is 26.1 Å². The molecule has 0 aromatic rings. The van der Waals surface area contributed by atoms with Crippen molar-refractivity contribution < 1.29 is 35.1 Å². The van der Waals surface area contributed by atoms with Gasteiger partial charge in [0, 0.05) is 6.42 Å². The number of carboxylic acids is 1. The minimum Gasteiger partial charge on any atom is -0.480 e. The van der Waals surface area contributed by atoms with Gasteiger partial charge in [-0.2, -0.15) is 0 Å². The maximum Gasteiger partial charge on any atom is 0.328 e. The molecule has 1 unspecified atom stereocenters. The lowest BCUT2D eigenvalue weighted by Crippen LogP contribution is -2.64. The molecule has 4 rings (SSSR count). The summed E-state index contributed by atoms with van der Waals surface area (Å²) in [6.07, 6.45) is 5.27. The minimum absolute atomic E-state index is 0.0316. The Labute approximate surface area is 208 Å². The standard InChI is InChI=1S/C27H45NO7/c1-14(4-7-21(31)28-20(13-29)25(34)35)16-5-6-17-22-18(9-11-26(16,17)2)27(3)10-8-15(30)12-19(27)23(32)24(22)33/h14-20,22-24,29-30,32-33H,4-13H2,1-3H3,(H,28,31)(H,34,35)/t14-,15-,16-,17+,18+,19+,20?,22+,23-,24-,26-,27-/m1/s1. The molecule has 0 aromatic carbocycles. The number of carbonyl (C=O) groups excluding carboxylic acids is 1. The number of amides is 1. The summed E-state index contributed by atoms with van der Waals surface area (Å²) in [7, 11) is 0. The van der Waals surface area contributed by atoms with Gasteiger partial charge >= 0.3 is 5.97 Å². The van der Waals surface area contributed by atoms with E-state index in [1.54, 1.807) is 0 Å². The molecule has 8 nitrogen and oxygen atoms in total. The van der Waals surface area contributed by atoms with E-state index in [1.165, 1.54) is 0 Å². The molecule has 6 N–H and O–H groups in total. The minimum atomic E-state index is -1.27. The SMILES string of the molecule is C[C@H](CCC(=O)NC(CO)C(=O)O)[C@H]1CC[C@H]2[C@@H]3[C@@H](O)[C@H](O)[C@@H]4C[C@H](O)CC[C@]4(C)[C@H]3CC[C@]12C. The van der Waals surface area contributed by atoms with Crippen LogP contribution in [0.2, 0.25) is 0 Å². The van der Waals surface area contributed by atoms with Crippen molar-refractivity contribution in [1.29, 1.82) is 0 Å². The number of hydrogen-bond acceptors (Lipinski definition) is 6. The highest BCUT2D eigenvalue weighted by Gasteiger charge is 2.65. The Morgan fingerprint density at radius 1 is 0.943 bits per heavy atom. The van der Waals surface area contributed by atoms with Gasteiger partial charge in [-0.25, -0.2) is 4.79 Å². The van der Waals surface area contributed by atoms with E-state index in [0.29, 0.717) is 30.6 Å². The molecule has 4 fully saturated rings. The highest BCUT2D eigenvalue weighted by Crippen LogP contribution is 2.68. The van der Waals surface area contributed by atoms with Crippen molar-refractivity contribution >= 4 is 11.9 Å². The van der Waals surface area contributed by atoms with E-state index in [9.17, 15) is 24.9 Å². The van der Waals surface area contributed by atoms with Gasteiger partial charge in [-0.1, -0.05) is 20.8 Å². The van der Waals surface area contributed by atoms with Gasteiger partial charge in [0.15, 0.2) is 0 Å². The summed E-state index contributed by atoms with van der Waals surface area (Å²) < 4.78 is 0. The number of aliphatic carboxylic acids is 1. The predicted molar refractivity (Wildman–Crippen MR) is 129 cm³/mol. The van der Waals surface area contributed by atoms with Gasteiger partial charge in [0.1, 0.15) is 6.04 Å². The number of carbonyl (C=O) groups is 2. The number of rotatable bonds is 7. The predicted octanol–water partition coefficient (Wildman–Crippen LogP) is 1.93. The largest absolute Gasteiger partial charge is 0.480 e. The Kier molecular flexibility index (Phi) is 7.60. The third-order valence-corrected chi connectivity index (χ3v) is 11.1. The third-order valence-electron chi connectivity index (χ3n) is 11.1. The molecule has 0 bridgehead atoms. The number of carboxylic acid groups (broad SMARTS) is 1. The van der Waals surface area contributed by atoms with Gasteiger partial charge in [0.25, 0.3) is 0 Å². The van der Waals surface area contributed by atoms with Crippen LogP contribution in [0, 0.1) is 46.3 Å². The number of hydrogen-bond donors (Lipinski definition) is 6. The van der Waals surface area contributed by atoms with Crippen molar-refractivity contribution in [2.24, 2.45) is 46.3 Å². The summed E-state index contributed by atoms with van der Waals surface area (Å²) in [4.78, 5) is 23.4. The summed E-state index contributed by atoms with van der Waals surface area (Å²) in [6.45, 7) is 6.16. The zero-order valence-corrected chi connectivity index (χ0v) is 21.4. The Morgan fingerprint density at radius 3 is 2.26 bits per heavy atom. The lowest BCUT2D eigenvalue weighted by molar-refractivity contribution is -0.223. The molecule has 0 spiro atoms. The second-order valence-corrected chi connectivity index (χ2v) is 12.7. The molecule has 4 saturated carbocycles. The van der Waals surface area contributed by atoms with Crippen LogP contribution in [-0.2, 0) is 9.59 Å². The molecule has 12 atom stereocenters. The van der Waals surface area contributed by atoms with Gasteiger partial charge in [-0.05, 0) is 97.7 Å². The van der Waals surface area contributed by atoms with Crippen molar-refractivity contribution in [3.05, 3.63) is 0 Å². The summed E-state index contributed by atoms with van der Waals surface area (Å²) in [5.74, 6) is -0.262. The van der Waals surface area contributed by atoms with Gasteiger partial charge < -0.3 is 30.8 Å². The zero-order chi connectivity index (χ0) is 25.7. The van der Waals surface area contributed by atoms with Gasteiger partial charge in [0.05, 0.1) is 24.9 Å². The molecule has 0 radical (unpaired) electrons. The summed E-state index contributed by atoms with van der Waals surface area (Å²) in [6, 6.07) is -1.27. The van der Waals surface area contributed by atoms with E-state index in [-0.39, 0.29) is 40.9 Å². The topological polar surface area (TPSA) is 147 Å². The fourth-order valence-corrected chi connectivity index (χ4v) is 9.23. The lowest BCUT2D eigenvalue weighted by Gasteiger charge is -2.63. The van der Waals surface area contributed by atoms with E-state index in [0.717, 1.165) is 38.5 Å². The highest BCUT2D eigenvalue weighted by molar-refractivity contribution is 5.83. The van der Waals surface area contributed by atoms with E-state index < -0.39 is 36.9 Å². The molecule has 0 aliphatic heterocycles. The number of aliphatic hydroxyl groups excluding tert-OH is 4.